The van der Waals surface area contributed by atoms with Crippen molar-refractivity contribution in [2.75, 3.05) is 39.3 Å². The van der Waals surface area contributed by atoms with Gasteiger partial charge in [-0.3, -0.25) is 9.59 Å². The van der Waals surface area contributed by atoms with Gasteiger partial charge in [-0.25, -0.2) is 0 Å². The van der Waals surface area contributed by atoms with Crippen LogP contribution in [0.4, 0.5) is 0 Å². The summed E-state index contributed by atoms with van der Waals surface area (Å²) in [5.41, 5.74) is 4.27. The van der Waals surface area contributed by atoms with Crippen LogP contribution in [-0.2, 0) is 13.1 Å². The molecule has 0 aromatic heterocycles. The van der Waals surface area contributed by atoms with E-state index in [4.69, 9.17) is 0 Å². The number of rotatable bonds is 10. The molecule has 0 amide bonds. The molecule has 2 heterocycles. The zero-order valence-corrected chi connectivity index (χ0v) is 22.7. The third-order valence-corrected chi connectivity index (χ3v) is 8.74. The number of hydrogen-bond acceptors (Lipinski definition) is 2. The Labute approximate surface area is 228 Å². The van der Waals surface area contributed by atoms with Crippen molar-refractivity contribution in [3.63, 3.8) is 0 Å². The monoisotopic (exact) mass is 510 g/mol. The maximum Gasteiger partial charge on any atom is 0.216 e. The zero-order valence-electron chi connectivity index (χ0n) is 22.7. The summed E-state index contributed by atoms with van der Waals surface area (Å²) in [5, 5.41) is 0. The van der Waals surface area contributed by atoms with Crippen molar-refractivity contribution in [1.82, 2.24) is 0 Å². The molecule has 2 fully saturated rings. The third kappa shape index (κ3) is 6.67. The van der Waals surface area contributed by atoms with Crippen molar-refractivity contribution < 1.29 is 18.6 Å². The summed E-state index contributed by atoms with van der Waals surface area (Å²) < 4.78 is 1.72. The van der Waals surface area contributed by atoms with Gasteiger partial charge in [-0.05, 0) is 38.5 Å². The highest BCUT2D eigenvalue weighted by atomic mass is 16.1. The maximum absolute atomic E-state index is 13.2. The Morgan fingerprint density at radius 3 is 1.16 bits per heavy atom. The van der Waals surface area contributed by atoms with Crippen LogP contribution in [0.1, 0.15) is 70.4 Å². The van der Waals surface area contributed by atoms with E-state index >= 15 is 0 Å². The fourth-order valence-corrected chi connectivity index (χ4v) is 6.67. The molecule has 198 valence electrons. The zero-order chi connectivity index (χ0) is 26.3. The largest absolute Gasteiger partial charge is 0.313 e. The lowest BCUT2D eigenvalue weighted by Gasteiger charge is -2.42. The van der Waals surface area contributed by atoms with Crippen molar-refractivity contribution in [2.45, 2.75) is 51.6 Å². The van der Waals surface area contributed by atoms with E-state index in [1.165, 1.54) is 49.7 Å². The Morgan fingerprint density at radius 2 is 0.816 bits per heavy atom. The number of carbonyl (C=O) groups is 2. The molecule has 3 aromatic rings. The van der Waals surface area contributed by atoms with Crippen LogP contribution in [0.25, 0.3) is 0 Å². The summed E-state index contributed by atoms with van der Waals surface area (Å²) in [6.45, 7) is 7.26. The van der Waals surface area contributed by atoms with Gasteiger partial charge in [-0.2, -0.15) is 0 Å². The first kappa shape index (κ1) is 26.5. The fourth-order valence-electron chi connectivity index (χ4n) is 6.67. The van der Waals surface area contributed by atoms with Crippen molar-refractivity contribution in [3.8, 4) is 0 Å². The number of carbonyl (C=O) groups excluding carboxylic acids is 2. The highest BCUT2D eigenvalue weighted by Crippen LogP contribution is 2.27. The second kappa shape index (κ2) is 12.2. The van der Waals surface area contributed by atoms with E-state index in [9.17, 15) is 9.59 Å². The van der Waals surface area contributed by atoms with Crippen molar-refractivity contribution in [2.24, 2.45) is 0 Å². The Balaban J connectivity index is 1.28. The number of piperidine rings is 2. The van der Waals surface area contributed by atoms with Crippen molar-refractivity contribution in [3.05, 3.63) is 107 Å². The first-order valence-corrected chi connectivity index (χ1v) is 14.5. The normalized spacial score (nSPS) is 18.5. The molecule has 4 heteroatoms. The molecule has 0 spiro atoms. The molecule has 4 nitrogen and oxygen atoms in total. The number of ketones is 2. The number of nitrogens with zero attached hydrogens (tertiary/aromatic N) is 2. The minimum absolute atomic E-state index is 0.253. The quantitative estimate of drug-likeness (QED) is 0.232. The van der Waals surface area contributed by atoms with Crippen LogP contribution in [0.15, 0.2) is 84.9 Å². The highest BCUT2D eigenvalue weighted by molar-refractivity contribution is 5.97. The van der Waals surface area contributed by atoms with Crippen molar-refractivity contribution in [1.29, 1.82) is 0 Å². The summed E-state index contributed by atoms with van der Waals surface area (Å²) in [6, 6.07) is 28.6. The number of hydrogen-bond donors (Lipinski definition) is 0. The second-order valence-corrected chi connectivity index (χ2v) is 11.7. The molecule has 0 saturated carbocycles. The van der Waals surface area contributed by atoms with E-state index in [1.54, 1.807) is 0 Å². The van der Waals surface area contributed by atoms with Gasteiger partial charge in [0.2, 0.25) is 11.6 Å². The van der Waals surface area contributed by atoms with Crippen LogP contribution in [0.3, 0.4) is 0 Å². The molecule has 0 unspecified atom stereocenters. The van der Waals surface area contributed by atoms with E-state index in [-0.39, 0.29) is 11.6 Å². The standard InChI is InChI=1S/C34H42N2O2/c37-33(31-13-5-1-6-14-31)27-35(21-9-3-10-22-35)25-29-17-19-30(20-18-29)26-36(23-11-4-12-24-36)28-34(38)32-15-7-2-8-16-32/h1-2,5-8,13-20H,3-4,9-12,21-28H2/q+2. The molecule has 0 N–H and O–H groups in total. The molecule has 0 atom stereocenters. The van der Waals surface area contributed by atoms with Gasteiger partial charge in [0.05, 0.1) is 26.2 Å². The van der Waals surface area contributed by atoms with E-state index < -0.39 is 0 Å². The van der Waals surface area contributed by atoms with E-state index in [0.717, 1.165) is 59.4 Å². The van der Waals surface area contributed by atoms with Crippen LogP contribution in [0, 0.1) is 0 Å². The fraction of sp³-hybridized carbons (Fsp3) is 0.412. The lowest BCUT2D eigenvalue weighted by molar-refractivity contribution is -0.937. The molecule has 2 saturated heterocycles. The predicted octanol–water partition coefficient (Wildman–Crippen LogP) is 6.45. The lowest BCUT2D eigenvalue weighted by Crippen LogP contribution is -2.53. The van der Waals surface area contributed by atoms with E-state index in [2.05, 4.69) is 24.3 Å². The summed E-state index contributed by atoms with van der Waals surface area (Å²) in [4.78, 5) is 26.3. The van der Waals surface area contributed by atoms with Gasteiger partial charge in [-0.1, -0.05) is 84.9 Å². The molecular weight excluding hydrogens is 468 g/mol. The van der Waals surface area contributed by atoms with Gasteiger partial charge < -0.3 is 8.97 Å². The number of Topliss-reactive ketones (excluding diaryl/α,β-unsaturated/α-hetero) is 2. The molecule has 0 aliphatic carbocycles. The summed E-state index contributed by atoms with van der Waals surface area (Å²) in [6.07, 6.45) is 7.29. The maximum atomic E-state index is 13.2. The van der Waals surface area contributed by atoms with E-state index in [1.807, 2.05) is 60.7 Å². The van der Waals surface area contributed by atoms with Crippen molar-refractivity contribution >= 4 is 11.6 Å². The van der Waals surface area contributed by atoms with Gasteiger partial charge >= 0.3 is 0 Å². The number of likely N-dealkylation sites (tertiary alicyclic amines) is 2. The average molecular weight is 511 g/mol. The van der Waals surface area contributed by atoms with Gasteiger partial charge in [0.15, 0.2) is 0 Å². The predicted molar refractivity (Wildman–Crippen MR) is 153 cm³/mol. The lowest BCUT2D eigenvalue weighted by atomic mass is 10.0. The molecule has 0 bridgehead atoms. The van der Waals surface area contributed by atoms with Gasteiger partial charge in [0.1, 0.15) is 26.2 Å². The van der Waals surface area contributed by atoms with Crippen LogP contribution in [0.2, 0.25) is 0 Å². The summed E-state index contributed by atoms with van der Waals surface area (Å²) in [5.74, 6) is 0.507. The smallest absolute Gasteiger partial charge is 0.216 e. The average Bonchev–Trinajstić information content (AvgIpc) is 2.96. The Bertz CT molecular complexity index is 1100. The molecule has 38 heavy (non-hydrogen) atoms. The molecule has 5 rings (SSSR count). The third-order valence-electron chi connectivity index (χ3n) is 8.74. The van der Waals surface area contributed by atoms with Gasteiger partial charge in [-0.15, -0.1) is 0 Å². The molecule has 3 aromatic carbocycles. The van der Waals surface area contributed by atoms with Crippen LogP contribution in [-0.4, -0.2) is 59.8 Å². The SMILES string of the molecule is O=C(C[N+]1(Cc2ccc(C[N+]3(CC(=O)c4ccccc4)CCCCC3)cc2)CCCCC1)c1ccccc1. The molecular formula is C34H42N2O2+2. The molecule has 2 aliphatic heterocycles. The first-order valence-electron chi connectivity index (χ1n) is 14.5. The van der Waals surface area contributed by atoms with E-state index in [0.29, 0.717) is 13.1 Å². The van der Waals surface area contributed by atoms with Crippen LogP contribution in [0.5, 0.6) is 0 Å². The Hall–Kier alpha value is -3.08. The number of quaternary nitrogens is 2. The molecule has 0 radical (unpaired) electrons. The number of benzene rings is 3. The Kier molecular flexibility index (Phi) is 8.51. The second-order valence-electron chi connectivity index (χ2n) is 11.7. The highest BCUT2D eigenvalue weighted by Gasteiger charge is 2.35. The van der Waals surface area contributed by atoms with Gasteiger partial charge in [0, 0.05) is 22.3 Å². The minimum Gasteiger partial charge on any atom is -0.313 e. The summed E-state index contributed by atoms with van der Waals surface area (Å²) in [7, 11) is 0. The topological polar surface area (TPSA) is 34.1 Å². The van der Waals surface area contributed by atoms with Crippen LogP contribution >= 0.6 is 0 Å². The molecule has 2 aliphatic rings. The minimum atomic E-state index is 0.253. The summed E-state index contributed by atoms with van der Waals surface area (Å²) >= 11 is 0. The van der Waals surface area contributed by atoms with Crippen LogP contribution < -0.4 is 0 Å². The first-order chi connectivity index (χ1) is 18.5. The Morgan fingerprint density at radius 1 is 0.474 bits per heavy atom. The van der Waals surface area contributed by atoms with Gasteiger partial charge in [0.25, 0.3) is 0 Å².